The van der Waals surface area contributed by atoms with Gasteiger partial charge in [-0.15, -0.1) is 0 Å². The largest absolute Gasteiger partial charge is 0.382 e. The van der Waals surface area contributed by atoms with Crippen LogP contribution in [0.15, 0.2) is 79.4 Å². The first-order chi connectivity index (χ1) is 19.3. The molecule has 1 aromatic heterocycles. The van der Waals surface area contributed by atoms with Gasteiger partial charge in [-0.25, -0.2) is 18.4 Å². The van der Waals surface area contributed by atoms with E-state index in [1.165, 1.54) is 34.7 Å². The van der Waals surface area contributed by atoms with Gasteiger partial charge in [-0.2, -0.15) is 5.10 Å². The Labute approximate surface area is 238 Å². The monoisotopic (exact) mass is 566 g/mol. The molecule has 0 spiro atoms. The van der Waals surface area contributed by atoms with E-state index in [1.807, 2.05) is 24.1 Å². The minimum absolute atomic E-state index is 0.0156. The minimum atomic E-state index is -1.65. The summed E-state index contributed by atoms with van der Waals surface area (Å²) in [5.41, 5.74) is 1.87. The topological polar surface area (TPSA) is 60.7 Å². The van der Waals surface area contributed by atoms with Gasteiger partial charge in [0, 0.05) is 68.2 Å². The van der Waals surface area contributed by atoms with E-state index in [2.05, 4.69) is 56.3 Å². The molecule has 5 rings (SSSR count). The fourth-order valence-corrected chi connectivity index (χ4v) is 5.43. The van der Waals surface area contributed by atoms with Crippen LogP contribution in [0.25, 0.3) is 0 Å². The highest BCUT2D eigenvalue weighted by Crippen LogP contribution is 2.28. The van der Waals surface area contributed by atoms with E-state index in [9.17, 15) is 13.9 Å². The van der Waals surface area contributed by atoms with Crippen LogP contribution in [-0.2, 0) is 25.2 Å². The maximum absolute atomic E-state index is 14.7. The summed E-state index contributed by atoms with van der Waals surface area (Å²) in [4.78, 5) is 10.7. The summed E-state index contributed by atoms with van der Waals surface area (Å²) in [5.74, 6) is -1.49. The molecule has 1 aliphatic heterocycles. The summed E-state index contributed by atoms with van der Waals surface area (Å²) in [6.45, 7) is 5.40. The highest BCUT2D eigenvalue weighted by atomic mass is 35.5. The number of hydrogen-bond donors (Lipinski definition) is 1. The quantitative estimate of drug-likeness (QED) is 0.304. The van der Waals surface area contributed by atoms with E-state index >= 15 is 0 Å². The number of likely N-dealkylation sites (N-methyl/N-ethyl adjacent to an activating group) is 1. The second-order valence-corrected chi connectivity index (χ2v) is 10.9. The maximum Gasteiger partial charge on any atom is 0.137 e. The van der Waals surface area contributed by atoms with E-state index in [-0.39, 0.29) is 18.7 Å². The number of benzene rings is 3. The first-order valence-electron chi connectivity index (χ1n) is 13.3. The molecule has 7 nitrogen and oxygen atoms in total. The molecule has 0 amide bonds. The Kier molecular flexibility index (Phi) is 8.75. The van der Waals surface area contributed by atoms with Crippen molar-refractivity contribution < 1.29 is 13.9 Å². The van der Waals surface area contributed by atoms with Crippen LogP contribution in [0, 0.1) is 11.6 Å². The molecule has 2 heterocycles. The van der Waals surface area contributed by atoms with E-state index in [0.717, 1.165) is 55.4 Å². The lowest BCUT2D eigenvalue weighted by Crippen LogP contribution is -2.46. The lowest BCUT2D eigenvalue weighted by molar-refractivity contribution is -0.0175. The number of hydrogen-bond acceptors (Lipinski definition) is 6. The average Bonchev–Trinajstić information content (AvgIpc) is 3.43. The summed E-state index contributed by atoms with van der Waals surface area (Å²) in [6, 6.07) is 19.7. The molecule has 210 valence electrons. The van der Waals surface area contributed by atoms with Crippen molar-refractivity contribution in [3.63, 3.8) is 0 Å². The SMILES string of the molecule is CN(Cc1ccc(N2CCN(Cc3ccc(Cl)cc3)CC2)cc1)CC(O)(Cn1cncn1)c1ccc(F)cc1F. The lowest BCUT2D eigenvalue weighted by Gasteiger charge is -2.36. The second kappa shape index (κ2) is 12.4. The zero-order chi connectivity index (χ0) is 28.1. The Bertz CT molecular complexity index is 1380. The van der Waals surface area contributed by atoms with Gasteiger partial charge in [0.2, 0.25) is 0 Å². The summed E-state index contributed by atoms with van der Waals surface area (Å²) in [7, 11) is 1.86. The second-order valence-electron chi connectivity index (χ2n) is 10.5. The van der Waals surface area contributed by atoms with Crippen molar-refractivity contribution in [3.05, 3.63) is 113 Å². The van der Waals surface area contributed by atoms with Crippen molar-refractivity contribution in [2.75, 3.05) is 44.7 Å². The number of rotatable bonds is 10. The lowest BCUT2D eigenvalue weighted by atomic mass is 9.92. The highest BCUT2D eigenvalue weighted by molar-refractivity contribution is 6.30. The van der Waals surface area contributed by atoms with Gasteiger partial charge in [-0.05, 0) is 48.5 Å². The Morgan fingerprint density at radius 1 is 0.950 bits per heavy atom. The zero-order valence-electron chi connectivity index (χ0n) is 22.4. The molecule has 1 atom stereocenters. The van der Waals surface area contributed by atoms with Crippen LogP contribution >= 0.6 is 11.6 Å². The minimum Gasteiger partial charge on any atom is -0.382 e. The van der Waals surface area contributed by atoms with Crippen molar-refractivity contribution in [1.29, 1.82) is 0 Å². The van der Waals surface area contributed by atoms with Crippen molar-refractivity contribution in [2.24, 2.45) is 0 Å². The van der Waals surface area contributed by atoms with Gasteiger partial charge in [0.15, 0.2) is 0 Å². The number of anilines is 1. The van der Waals surface area contributed by atoms with Gasteiger partial charge in [0.25, 0.3) is 0 Å². The number of piperazine rings is 1. The first-order valence-corrected chi connectivity index (χ1v) is 13.6. The van der Waals surface area contributed by atoms with Crippen LogP contribution in [0.5, 0.6) is 0 Å². The van der Waals surface area contributed by atoms with Crippen LogP contribution in [0.2, 0.25) is 5.02 Å². The van der Waals surface area contributed by atoms with Gasteiger partial charge >= 0.3 is 0 Å². The Morgan fingerprint density at radius 2 is 1.65 bits per heavy atom. The third-order valence-electron chi connectivity index (χ3n) is 7.30. The molecule has 4 aromatic rings. The molecular weight excluding hydrogens is 534 g/mol. The zero-order valence-corrected chi connectivity index (χ0v) is 23.2. The highest BCUT2D eigenvalue weighted by Gasteiger charge is 2.35. The predicted octanol–water partition coefficient (Wildman–Crippen LogP) is 4.55. The van der Waals surface area contributed by atoms with Crippen molar-refractivity contribution >= 4 is 17.3 Å². The molecule has 1 unspecified atom stereocenters. The first kappa shape index (κ1) is 28.2. The third-order valence-corrected chi connectivity index (χ3v) is 7.55. The maximum atomic E-state index is 14.7. The molecular formula is C30H33ClF2N6O. The molecule has 0 radical (unpaired) electrons. The van der Waals surface area contributed by atoms with Crippen LogP contribution in [-0.4, -0.2) is 69.4 Å². The van der Waals surface area contributed by atoms with E-state index in [1.54, 1.807) is 0 Å². The predicted molar refractivity (Wildman–Crippen MR) is 152 cm³/mol. The van der Waals surface area contributed by atoms with Crippen LogP contribution < -0.4 is 4.90 Å². The van der Waals surface area contributed by atoms with Crippen molar-refractivity contribution in [2.45, 2.75) is 25.2 Å². The summed E-state index contributed by atoms with van der Waals surface area (Å²) in [6.07, 6.45) is 2.81. The van der Waals surface area contributed by atoms with Gasteiger partial charge in [0.1, 0.15) is 29.9 Å². The van der Waals surface area contributed by atoms with Gasteiger partial charge in [-0.1, -0.05) is 41.9 Å². The Morgan fingerprint density at radius 3 is 2.30 bits per heavy atom. The molecule has 3 aromatic carbocycles. The van der Waals surface area contributed by atoms with Crippen molar-refractivity contribution in [3.8, 4) is 0 Å². The molecule has 1 N–H and O–H groups in total. The average molecular weight is 567 g/mol. The van der Waals surface area contributed by atoms with E-state index in [0.29, 0.717) is 6.54 Å². The fraction of sp³-hybridized carbons (Fsp3) is 0.333. The van der Waals surface area contributed by atoms with Gasteiger partial charge < -0.3 is 10.0 Å². The van der Waals surface area contributed by atoms with E-state index in [4.69, 9.17) is 11.6 Å². The molecule has 1 aliphatic rings. The standard InChI is InChI=1S/C30H33ClF2N6O/c1-36(19-30(40,20-39-22-34-21-35-39)28-11-8-26(32)16-29(28)33)17-23-4-9-27(10-5-23)38-14-12-37(13-15-38)18-24-2-6-25(31)7-3-24/h2-11,16,21-22,40H,12-15,17-20H2,1H3. The number of nitrogens with zero attached hydrogens (tertiary/aromatic N) is 6. The summed E-state index contributed by atoms with van der Waals surface area (Å²) < 4.78 is 29.8. The van der Waals surface area contributed by atoms with Gasteiger partial charge in [0.05, 0.1) is 6.54 Å². The summed E-state index contributed by atoms with van der Waals surface area (Å²) in [5, 5.41) is 16.4. The molecule has 10 heteroatoms. The van der Waals surface area contributed by atoms with Crippen molar-refractivity contribution in [1.82, 2.24) is 24.6 Å². The Balaban J connectivity index is 1.19. The Hall–Kier alpha value is -3.37. The number of halogens is 3. The van der Waals surface area contributed by atoms with Crippen LogP contribution in [0.1, 0.15) is 16.7 Å². The van der Waals surface area contributed by atoms with Gasteiger partial charge in [-0.3, -0.25) is 9.80 Å². The van der Waals surface area contributed by atoms with E-state index < -0.39 is 17.2 Å². The summed E-state index contributed by atoms with van der Waals surface area (Å²) >= 11 is 6.01. The number of aliphatic hydroxyl groups is 1. The normalized spacial score (nSPS) is 15.9. The number of aromatic nitrogens is 3. The molecule has 1 saturated heterocycles. The molecule has 40 heavy (non-hydrogen) atoms. The molecule has 1 fully saturated rings. The fourth-order valence-electron chi connectivity index (χ4n) is 5.31. The van der Waals surface area contributed by atoms with Crippen LogP contribution in [0.3, 0.4) is 0 Å². The third kappa shape index (κ3) is 7.03. The molecule has 0 saturated carbocycles. The van der Waals surface area contributed by atoms with Crippen LogP contribution in [0.4, 0.5) is 14.5 Å². The molecule has 0 aliphatic carbocycles. The molecule has 0 bridgehead atoms. The smallest absolute Gasteiger partial charge is 0.137 e.